The standard InChI is InChI=1S/C15H20N2O3S/c1-9(12-6-3-7-21-12)16-15(20)17-8-10-4-2-5-11(10)13(17)14(18)19/h3,6-7,9-11,13H,2,4-5,8H2,1H3,(H,16,20)(H,18,19). The van der Waals surface area contributed by atoms with Crippen LogP contribution in [0, 0.1) is 11.8 Å². The molecule has 5 nitrogen and oxygen atoms in total. The van der Waals surface area contributed by atoms with Crippen molar-refractivity contribution in [2.75, 3.05) is 6.54 Å². The van der Waals surface area contributed by atoms with Crippen molar-refractivity contribution in [3.05, 3.63) is 22.4 Å². The minimum Gasteiger partial charge on any atom is -0.480 e. The molecule has 6 heteroatoms. The van der Waals surface area contributed by atoms with E-state index in [9.17, 15) is 14.7 Å². The van der Waals surface area contributed by atoms with E-state index in [4.69, 9.17) is 0 Å². The van der Waals surface area contributed by atoms with E-state index < -0.39 is 12.0 Å². The van der Waals surface area contributed by atoms with Gasteiger partial charge in [0, 0.05) is 11.4 Å². The topological polar surface area (TPSA) is 69.6 Å². The molecule has 21 heavy (non-hydrogen) atoms. The molecule has 0 spiro atoms. The fourth-order valence-corrected chi connectivity index (χ4v) is 4.44. The van der Waals surface area contributed by atoms with E-state index in [1.807, 2.05) is 24.4 Å². The van der Waals surface area contributed by atoms with E-state index in [2.05, 4.69) is 5.32 Å². The number of hydrogen-bond donors (Lipinski definition) is 2. The van der Waals surface area contributed by atoms with Gasteiger partial charge in [-0.25, -0.2) is 9.59 Å². The van der Waals surface area contributed by atoms with Crippen LogP contribution in [-0.4, -0.2) is 34.6 Å². The molecule has 1 aromatic rings. The summed E-state index contributed by atoms with van der Waals surface area (Å²) in [6.45, 7) is 2.50. The van der Waals surface area contributed by atoms with Crippen molar-refractivity contribution in [3.63, 3.8) is 0 Å². The molecule has 114 valence electrons. The Balaban J connectivity index is 1.70. The van der Waals surface area contributed by atoms with E-state index >= 15 is 0 Å². The average Bonchev–Trinajstić information content (AvgIpc) is 3.14. The van der Waals surface area contributed by atoms with Crippen LogP contribution in [0.2, 0.25) is 0 Å². The lowest BCUT2D eigenvalue weighted by molar-refractivity contribution is -0.142. The SMILES string of the molecule is CC(NC(=O)N1CC2CCCC2C1C(=O)O)c1cccs1. The third-order valence-corrected chi connectivity index (χ3v) is 5.77. The summed E-state index contributed by atoms with van der Waals surface area (Å²) in [4.78, 5) is 26.6. The van der Waals surface area contributed by atoms with Crippen LogP contribution < -0.4 is 5.32 Å². The zero-order valence-electron chi connectivity index (χ0n) is 12.0. The Hall–Kier alpha value is -1.56. The van der Waals surface area contributed by atoms with Crippen LogP contribution in [0.4, 0.5) is 4.79 Å². The molecule has 1 aliphatic carbocycles. The lowest BCUT2D eigenvalue weighted by atomic mass is 9.94. The van der Waals surface area contributed by atoms with Crippen LogP contribution >= 0.6 is 11.3 Å². The van der Waals surface area contributed by atoms with Crippen molar-refractivity contribution < 1.29 is 14.7 Å². The Bertz CT molecular complexity index is 531. The number of nitrogens with zero attached hydrogens (tertiary/aromatic N) is 1. The Morgan fingerprint density at radius 3 is 2.95 bits per heavy atom. The molecule has 0 radical (unpaired) electrons. The van der Waals surface area contributed by atoms with Crippen molar-refractivity contribution in [1.82, 2.24) is 10.2 Å². The fourth-order valence-electron chi connectivity index (χ4n) is 3.71. The Morgan fingerprint density at radius 2 is 2.29 bits per heavy atom. The number of hydrogen-bond acceptors (Lipinski definition) is 3. The van der Waals surface area contributed by atoms with Gasteiger partial charge in [0.25, 0.3) is 0 Å². The number of likely N-dealkylation sites (tertiary alicyclic amines) is 1. The number of carbonyl (C=O) groups is 2. The Kier molecular flexibility index (Phi) is 3.89. The molecule has 1 aliphatic heterocycles. The second kappa shape index (κ2) is 5.67. The average molecular weight is 308 g/mol. The highest BCUT2D eigenvalue weighted by atomic mass is 32.1. The zero-order chi connectivity index (χ0) is 15.0. The highest BCUT2D eigenvalue weighted by Gasteiger charge is 2.49. The molecule has 2 heterocycles. The molecule has 2 N–H and O–H groups in total. The van der Waals surface area contributed by atoms with Crippen LogP contribution in [-0.2, 0) is 4.79 Å². The molecular formula is C15H20N2O3S. The van der Waals surface area contributed by atoms with Crippen molar-refractivity contribution in [2.45, 2.75) is 38.3 Å². The predicted octanol–water partition coefficient (Wildman–Crippen LogP) is 2.70. The molecule has 2 fully saturated rings. The Labute approximate surface area is 128 Å². The van der Waals surface area contributed by atoms with Gasteiger partial charge in [0.05, 0.1) is 6.04 Å². The molecule has 1 saturated carbocycles. The molecule has 3 rings (SSSR count). The first-order valence-electron chi connectivity index (χ1n) is 7.41. The van der Waals surface area contributed by atoms with Gasteiger partial charge in [-0.1, -0.05) is 12.5 Å². The summed E-state index contributed by atoms with van der Waals surface area (Å²) in [5.41, 5.74) is 0. The molecule has 4 atom stereocenters. The van der Waals surface area contributed by atoms with Gasteiger partial charge in [-0.3, -0.25) is 0 Å². The first-order chi connectivity index (χ1) is 10.1. The highest BCUT2D eigenvalue weighted by molar-refractivity contribution is 7.10. The first-order valence-corrected chi connectivity index (χ1v) is 8.29. The van der Waals surface area contributed by atoms with Crippen LogP contribution in [0.15, 0.2) is 17.5 Å². The van der Waals surface area contributed by atoms with E-state index in [0.29, 0.717) is 12.5 Å². The minimum atomic E-state index is -0.872. The van der Waals surface area contributed by atoms with E-state index in [1.54, 1.807) is 11.3 Å². The smallest absolute Gasteiger partial charge is 0.326 e. The molecule has 1 aromatic heterocycles. The number of fused-ring (bicyclic) bond motifs is 1. The third kappa shape index (κ3) is 2.64. The summed E-state index contributed by atoms with van der Waals surface area (Å²) >= 11 is 1.59. The fraction of sp³-hybridized carbons (Fsp3) is 0.600. The van der Waals surface area contributed by atoms with Crippen LogP contribution in [0.3, 0.4) is 0 Å². The molecule has 0 aromatic carbocycles. The van der Waals surface area contributed by atoms with Gasteiger partial charge in [-0.2, -0.15) is 0 Å². The van der Waals surface area contributed by atoms with E-state index in [1.165, 1.54) is 4.90 Å². The summed E-state index contributed by atoms with van der Waals surface area (Å²) in [7, 11) is 0. The number of thiophene rings is 1. The van der Waals surface area contributed by atoms with Gasteiger partial charge in [-0.05, 0) is 43.0 Å². The molecule has 1 saturated heterocycles. The van der Waals surface area contributed by atoms with Crippen molar-refractivity contribution in [3.8, 4) is 0 Å². The summed E-state index contributed by atoms with van der Waals surface area (Å²) < 4.78 is 0. The van der Waals surface area contributed by atoms with Crippen LogP contribution in [0.25, 0.3) is 0 Å². The maximum absolute atomic E-state index is 12.5. The van der Waals surface area contributed by atoms with E-state index in [-0.39, 0.29) is 18.0 Å². The number of nitrogens with one attached hydrogen (secondary N) is 1. The van der Waals surface area contributed by atoms with Crippen molar-refractivity contribution in [1.29, 1.82) is 0 Å². The predicted molar refractivity (Wildman–Crippen MR) is 80.2 cm³/mol. The molecule has 4 unspecified atom stereocenters. The van der Waals surface area contributed by atoms with Crippen molar-refractivity contribution in [2.24, 2.45) is 11.8 Å². The number of aliphatic carboxylic acids is 1. The summed E-state index contributed by atoms with van der Waals surface area (Å²) in [5, 5.41) is 14.4. The third-order valence-electron chi connectivity index (χ3n) is 4.71. The van der Waals surface area contributed by atoms with Crippen LogP contribution in [0.1, 0.15) is 37.1 Å². The maximum atomic E-state index is 12.5. The first kappa shape index (κ1) is 14.4. The summed E-state index contributed by atoms with van der Waals surface area (Å²) in [6, 6.07) is 2.92. The number of carboxylic acids is 1. The minimum absolute atomic E-state index is 0.0904. The van der Waals surface area contributed by atoms with Crippen LogP contribution in [0.5, 0.6) is 0 Å². The number of amides is 2. The van der Waals surface area contributed by atoms with Gasteiger partial charge in [-0.15, -0.1) is 11.3 Å². The lowest BCUT2D eigenvalue weighted by Crippen LogP contribution is -2.48. The van der Waals surface area contributed by atoms with E-state index in [0.717, 1.165) is 24.1 Å². The number of urea groups is 1. The lowest BCUT2D eigenvalue weighted by Gasteiger charge is -2.26. The highest BCUT2D eigenvalue weighted by Crippen LogP contribution is 2.42. The zero-order valence-corrected chi connectivity index (χ0v) is 12.8. The maximum Gasteiger partial charge on any atom is 0.326 e. The molecular weight excluding hydrogens is 288 g/mol. The Morgan fingerprint density at radius 1 is 1.48 bits per heavy atom. The quantitative estimate of drug-likeness (QED) is 0.902. The van der Waals surface area contributed by atoms with Crippen molar-refractivity contribution >= 4 is 23.3 Å². The largest absolute Gasteiger partial charge is 0.480 e. The number of carboxylic acid groups (broad SMARTS) is 1. The van der Waals surface area contributed by atoms with Gasteiger partial charge in [0.2, 0.25) is 0 Å². The number of carbonyl (C=O) groups excluding carboxylic acids is 1. The van der Waals surface area contributed by atoms with Gasteiger partial charge < -0.3 is 15.3 Å². The molecule has 2 aliphatic rings. The molecule has 2 amide bonds. The number of rotatable bonds is 3. The normalized spacial score (nSPS) is 29.2. The van der Waals surface area contributed by atoms with Gasteiger partial charge in [0.15, 0.2) is 0 Å². The summed E-state index contributed by atoms with van der Waals surface area (Å²) in [6.07, 6.45) is 3.05. The molecule has 0 bridgehead atoms. The summed E-state index contributed by atoms with van der Waals surface area (Å²) in [5.74, 6) is -0.387. The van der Waals surface area contributed by atoms with Gasteiger partial charge >= 0.3 is 12.0 Å². The second-order valence-corrected chi connectivity index (χ2v) is 6.96. The second-order valence-electron chi connectivity index (χ2n) is 5.98. The van der Waals surface area contributed by atoms with Gasteiger partial charge in [0.1, 0.15) is 6.04 Å². The monoisotopic (exact) mass is 308 g/mol.